The minimum Gasteiger partial charge on any atom is -0.488 e. The molecule has 10 nitrogen and oxygen atoms in total. The SMILES string of the molecule is O=C1N2C/C=C\COc3cc(ccc3OCCN3CCNCC3)Nc3ncc(c2n3)CN1c1c(C(F)(F)F)csc1Cl. The number of aromatic nitrogens is 2. The molecule has 6 rings (SSSR count). The van der Waals surface area contributed by atoms with Crippen LogP contribution >= 0.6 is 22.9 Å². The predicted molar refractivity (Wildman–Crippen MR) is 154 cm³/mol. The average Bonchev–Trinajstić information content (AvgIpc) is 3.37. The highest BCUT2D eigenvalue weighted by Gasteiger charge is 2.42. The van der Waals surface area contributed by atoms with Crippen LogP contribution in [-0.4, -0.2) is 73.4 Å². The van der Waals surface area contributed by atoms with Gasteiger partial charge in [-0.2, -0.15) is 18.2 Å². The molecule has 2 aromatic heterocycles. The number of fused-ring (bicyclic) bond motifs is 3. The Morgan fingerprint density at radius 2 is 2.00 bits per heavy atom. The summed E-state index contributed by atoms with van der Waals surface area (Å²) in [4.78, 5) is 27.2. The van der Waals surface area contributed by atoms with Crippen LogP contribution in [0.15, 0.2) is 41.9 Å². The quantitative estimate of drug-likeness (QED) is 0.379. The van der Waals surface area contributed by atoms with E-state index in [9.17, 15) is 18.0 Å². The van der Waals surface area contributed by atoms with Gasteiger partial charge >= 0.3 is 12.2 Å². The third kappa shape index (κ3) is 5.98. The summed E-state index contributed by atoms with van der Waals surface area (Å²) in [5.41, 5.74) is -0.224. The van der Waals surface area contributed by atoms with Crippen molar-refractivity contribution < 1.29 is 27.4 Å². The Balaban J connectivity index is 1.26. The first-order chi connectivity index (χ1) is 20.3. The molecule has 15 heteroatoms. The molecule has 0 unspecified atom stereocenters. The lowest BCUT2D eigenvalue weighted by Gasteiger charge is -2.36. The molecule has 2 amide bonds. The van der Waals surface area contributed by atoms with Gasteiger partial charge in [-0.25, -0.2) is 9.78 Å². The number of benzene rings is 1. The average molecular weight is 622 g/mol. The second kappa shape index (κ2) is 12.0. The zero-order valence-electron chi connectivity index (χ0n) is 22.3. The molecule has 1 aromatic carbocycles. The van der Waals surface area contributed by atoms with Crippen LogP contribution < -0.4 is 29.9 Å². The van der Waals surface area contributed by atoms with Crippen molar-refractivity contribution >= 4 is 52.1 Å². The van der Waals surface area contributed by atoms with E-state index in [4.69, 9.17) is 21.1 Å². The van der Waals surface area contributed by atoms with Crippen LogP contribution in [0, 0.1) is 0 Å². The highest BCUT2D eigenvalue weighted by atomic mass is 35.5. The number of carbonyl (C=O) groups excluding carboxylic acids is 1. The number of rotatable bonds is 5. The summed E-state index contributed by atoms with van der Waals surface area (Å²) >= 11 is 6.91. The third-order valence-corrected chi connectivity index (χ3v) is 8.25. The predicted octanol–water partition coefficient (Wildman–Crippen LogP) is 5.13. The number of halogens is 4. The van der Waals surface area contributed by atoms with Crippen molar-refractivity contribution in [2.75, 3.05) is 67.6 Å². The number of urea groups is 1. The van der Waals surface area contributed by atoms with Gasteiger partial charge in [0.2, 0.25) is 5.95 Å². The van der Waals surface area contributed by atoms with Crippen molar-refractivity contribution in [1.29, 1.82) is 0 Å². The first-order valence-electron chi connectivity index (χ1n) is 13.3. The summed E-state index contributed by atoms with van der Waals surface area (Å²) in [7, 11) is 0. The molecule has 0 saturated carbocycles. The molecule has 4 bridgehead atoms. The summed E-state index contributed by atoms with van der Waals surface area (Å²) < 4.78 is 53.2. The molecule has 222 valence electrons. The molecule has 3 aliphatic heterocycles. The lowest BCUT2D eigenvalue weighted by molar-refractivity contribution is -0.136. The molecule has 5 heterocycles. The molecule has 42 heavy (non-hydrogen) atoms. The number of ether oxygens (including phenoxy) is 2. The van der Waals surface area contributed by atoms with E-state index in [2.05, 4.69) is 25.5 Å². The Hall–Kier alpha value is -3.59. The first-order valence-corrected chi connectivity index (χ1v) is 14.6. The second-order valence-electron chi connectivity index (χ2n) is 9.80. The molecule has 0 atom stereocenters. The van der Waals surface area contributed by atoms with Crippen molar-refractivity contribution in [2.24, 2.45) is 0 Å². The van der Waals surface area contributed by atoms with Crippen LogP contribution in [0.1, 0.15) is 11.1 Å². The van der Waals surface area contributed by atoms with Crippen molar-refractivity contribution in [2.45, 2.75) is 12.7 Å². The lowest BCUT2D eigenvalue weighted by Crippen LogP contribution is -2.48. The van der Waals surface area contributed by atoms with Crippen LogP contribution in [0.4, 0.5) is 41.1 Å². The lowest BCUT2D eigenvalue weighted by atomic mass is 10.1. The highest BCUT2D eigenvalue weighted by molar-refractivity contribution is 7.15. The van der Waals surface area contributed by atoms with Crippen molar-refractivity contribution in [3.05, 3.63) is 57.4 Å². The first kappa shape index (κ1) is 28.5. The minimum absolute atomic E-state index is 0.0386. The van der Waals surface area contributed by atoms with Crippen molar-refractivity contribution in [3.8, 4) is 11.5 Å². The minimum atomic E-state index is -4.68. The highest BCUT2D eigenvalue weighted by Crippen LogP contribution is 2.47. The summed E-state index contributed by atoms with van der Waals surface area (Å²) in [5, 5.41) is 7.38. The topological polar surface area (TPSA) is 95.1 Å². The van der Waals surface area contributed by atoms with E-state index >= 15 is 0 Å². The molecule has 1 saturated heterocycles. The van der Waals surface area contributed by atoms with E-state index in [1.165, 1.54) is 11.1 Å². The number of hydrogen-bond acceptors (Lipinski definition) is 9. The van der Waals surface area contributed by atoms with E-state index in [1.807, 2.05) is 12.1 Å². The van der Waals surface area contributed by atoms with E-state index in [0.717, 1.165) is 54.3 Å². The maximum Gasteiger partial charge on any atom is 0.419 e. The Bertz CT molecular complexity index is 1500. The molecule has 0 aliphatic carbocycles. The number of amides is 2. The van der Waals surface area contributed by atoms with Gasteiger partial charge in [0.05, 0.1) is 17.8 Å². The van der Waals surface area contributed by atoms with Gasteiger partial charge in [-0.15, -0.1) is 11.3 Å². The zero-order chi connectivity index (χ0) is 29.3. The smallest absolute Gasteiger partial charge is 0.419 e. The standard InChI is InChI=1S/C27H27ClF3N7O3S/c28-23-22(19(16-42-23)27(29,30)31)38-15-17-14-33-25-34-18-3-4-20(41-12-10-36-8-5-32-6-9-36)21(13-18)40-11-2-1-7-37(26(38)39)24(17)35-25/h1-4,13-14,16,32H,5-12,15H2,(H,33,34,35)/b2-1-. The number of anilines is 4. The number of alkyl halides is 3. The summed E-state index contributed by atoms with van der Waals surface area (Å²) in [5.74, 6) is 1.63. The van der Waals surface area contributed by atoms with Crippen LogP contribution in [0.5, 0.6) is 11.5 Å². The largest absolute Gasteiger partial charge is 0.488 e. The van der Waals surface area contributed by atoms with E-state index in [1.54, 1.807) is 18.2 Å². The Morgan fingerprint density at radius 1 is 1.17 bits per heavy atom. The van der Waals surface area contributed by atoms with Gasteiger partial charge in [-0.1, -0.05) is 17.7 Å². The molecule has 1 fully saturated rings. The van der Waals surface area contributed by atoms with Gasteiger partial charge < -0.3 is 20.1 Å². The van der Waals surface area contributed by atoms with Crippen LogP contribution in [-0.2, 0) is 12.7 Å². The van der Waals surface area contributed by atoms with E-state index in [0.29, 0.717) is 35.2 Å². The molecule has 0 radical (unpaired) electrons. The van der Waals surface area contributed by atoms with Crippen LogP contribution in [0.2, 0.25) is 4.34 Å². The Morgan fingerprint density at radius 3 is 2.81 bits per heavy atom. The summed E-state index contributed by atoms with van der Waals surface area (Å²) in [6, 6.07) is 4.73. The molecule has 0 spiro atoms. The van der Waals surface area contributed by atoms with E-state index < -0.39 is 17.8 Å². The monoisotopic (exact) mass is 621 g/mol. The van der Waals surface area contributed by atoms with Gasteiger partial charge in [-0.05, 0) is 18.2 Å². The number of carbonyl (C=O) groups is 1. The fourth-order valence-corrected chi connectivity index (χ4v) is 6.09. The number of nitrogens with one attached hydrogen (secondary N) is 2. The normalized spacial score (nSPS) is 18.3. The zero-order valence-corrected chi connectivity index (χ0v) is 23.9. The Labute approximate surface area is 248 Å². The molecule has 2 N–H and O–H groups in total. The third-order valence-electron chi connectivity index (χ3n) is 7.05. The van der Waals surface area contributed by atoms with Gasteiger partial charge in [0.1, 0.15) is 23.4 Å². The number of nitrogens with zero attached hydrogens (tertiary/aromatic N) is 5. The second-order valence-corrected chi connectivity index (χ2v) is 11.3. The summed E-state index contributed by atoms with van der Waals surface area (Å²) in [6.07, 6.45) is 0.254. The van der Waals surface area contributed by atoms with Crippen molar-refractivity contribution in [1.82, 2.24) is 20.2 Å². The van der Waals surface area contributed by atoms with Gasteiger partial charge in [0, 0.05) is 68.2 Å². The molecule has 3 aliphatic rings. The Kier molecular flexibility index (Phi) is 8.12. The maximum atomic E-state index is 13.8. The van der Waals surface area contributed by atoms with Gasteiger partial charge in [0.15, 0.2) is 11.5 Å². The molecular weight excluding hydrogens is 595 g/mol. The molecule has 3 aromatic rings. The molecular formula is C27H27ClF3N7O3S. The van der Waals surface area contributed by atoms with Crippen LogP contribution in [0.25, 0.3) is 0 Å². The van der Waals surface area contributed by atoms with E-state index in [-0.39, 0.29) is 35.7 Å². The number of thiophene rings is 1. The fourth-order valence-electron chi connectivity index (χ4n) is 4.95. The fraction of sp³-hybridized carbons (Fsp3) is 0.370. The van der Waals surface area contributed by atoms with Gasteiger partial charge in [-0.3, -0.25) is 14.7 Å². The summed E-state index contributed by atoms with van der Waals surface area (Å²) in [6.45, 7) is 5.22. The van der Waals surface area contributed by atoms with Crippen LogP contribution in [0.3, 0.4) is 0 Å². The number of hydrogen-bond donors (Lipinski definition) is 2. The van der Waals surface area contributed by atoms with Gasteiger partial charge in [0.25, 0.3) is 0 Å². The number of piperazine rings is 1. The van der Waals surface area contributed by atoms with Crippen molar-refractivity contribution in [3.63, 3.8) is 0 Å². The maximum absolute atomic E-state index is 13.8.